The number of unbranched alkanes of at least 4 members (excludes halogenated alkanes) is 1. The van der Waals surface area contributed by atoms with E-state index in [4.69, 9.17) is 4.74 Å². The van der Waals surface area contributed by atoms with Gasteiger partial charge in [-0.05, 0) is 64.8 Å². The molecule has 1 N–H and O–H groups in total. The Bertz CT molecular complexity index is 158. The van der Waals surface area contributed by atoms with Crippen LogP contribution in [0.15, 0.2) is 0 Å². The minimum Gasteiger partial charge on any atom is -0.381 e. The smallest absolute Gasteiger partial charge is 0.0478 e. The van der Waals surface area contributed by atoms with Crippen LogP contribution in [0.1, 0.15) is 45.4 Å². The summed E-state index contributed by atoms with van der Waals surface area (Å²) in [6, 6.07) is 0. The molecule has 1 saturated heterocycles. The highest BCUT2D eigenvalue weighted by molar-refractivity contribution is 4.66. The molecule has 1 aliphatic heterocycles. The Morgan fingerprint density at radius 2 is 1.71 bits per heavy atom. The summed E-state index contributed by atoms with van der Waals surface area (Å²) in [4.78, 5) is 2.58. The molecule has 102 valence electrons. The molecule has 0 atom stereocenters. The molecular weight excluding hydrogens is 212 g/mol. The van der Waals surface area contributed by atoms with Gasteiger partial charge in [0.2, 0.25) is 0 Å². The molecule has 1 rings (SSSR count). The van der Waals surface area contributed by atoms with Gasteiger partial charge in [0.1, 0.15) is 0 Å². The molecule has 0 radical (unpaired) electrons. The maximum atomic E-state index is 5.51. The number of hydrogen-bond acceptors (Lipinski definition) is 3. The van der Waals surface area contributed by atoms with Crippen LogP contribution in [0.4, 0.5) is 0 Å². The zero-order valence-electron chi connectivity index (χ0n) is 11.5. The maximum absolute atomic E-state index is 5.51. The van der Waals surface area contributed by atoms with E-state index in [2.05, 4.69) is 17.1 Å². The van der Waals surface area contributed by atoms with E-state index in [1.807, 2.05) is 0 Å². The zero-order chi connectivity index (χ0) is 12.2. The Morgan fingerprint density at radius 3 is 2.47 bits per heavy atom. The number of hydrogen-bond donors (Lipinski definition) is 1. The van der Waals surface area contributed by atoms with Crippen LogP contribution in [0.5, 0.6) is 0 Å². The zero-order valence-corrected chi connectivity index (χ0v) is 11.5. The van der Waals surface area contributed by atoms with Crippen LogP contribution >= 0.6 is 0 Å². The fourth-order valence-corrected chi connectivity index (χ4v) is 2.21. The van der Waals surface area contributed by atoms with Crippen LogP contribution in [0, 0.1) is 0 Å². The van der Waals surface area contributed by atoms with Crippen LogP contribution in [0.2, 0.25) is 0 Å². The molecule has 0 aromatic carbocycles. The first-order valence-corrected chi connectivity index (χ1v) is 7.44. The van der Waals surface area contributed by atoms with Crippen LogP contribution < -0.4 is 5.32 Å². The summed E-state index contributed by atoms with van der Waals surface area (Å²) in [5.74, 6) is 0. The van der Waals surface area contributed by atoms with Gasteiger partial charge in [0, 0.05) is 13.2 Å². The predicted octanol–water partition coefficient (Wildman–Crippen LogP) is 2.27. The van der Waals surface area contributed by atoms with Gasteiger partial charge in [-0.25, -0.2) is 0 Å². The molecule has 0 spiro atoms. The summed E-state index contributed by atoms with van der Waals surface area (Å²) in [6.45, 7) is 10.2. The van der Waals surface area contributed by atoms with Crippen LogP contribution in [0.3, 0.4) is 0 Å². The largest absolute Gasteiger partial charge is 0.381 e. The van der Waals surface area contributed by atoms with E-state index in [0.717, 1.165) is 32.7 Å². The van der Waals surface area contributed by atoms with Crippen molar-refractivity contribution in [1.29, 1.82) is 0 Å². The molecule has 3 nitrogen and oxygen atoms in total. The van der Waals surface area contributed by atoms with Crippen molar-refractivity contribution in [3.8, 4) is 0 Å². The molecular formula is C14H30N2O. The third kappa shape index (κ3) is 8.58. The highest BCUT2D eigenvalue weighted by atomic mass is 16.5. The van der Waals surface area contributed by atoms with E-state index < -0.39 is 0 Å². The van der Waals surface area contributed by atoms with Crippen molar-refractivity contribution in [3.63, 3.8) is 0 Å². The summed E-state index contributed by atoms with van der Waals surface area (Å²) in [6.07, 6.45) is 7.67. The third-order valence-corrected chi connectivity index (χ3v) is 3.31. The van der Waals surface area contributed by atoms with Gasteiger partial charge in [0.05, 0.1) is 0 Å². The monoisotopic (exact) mass is 242 g/mol. The van der Waals surface area contributed by atoms with Crippen molar-refractivity contribution >= 4 is 0 Å². The first-order valence-electron chi connectivity index (χ1n) is 7.44. The lowest BCUT2D eigenvalue weighted by Gasteiger charge is -2.14. The highest BCUT2D eigenvalue weighted by Gasteiger charge is 2.09. The van der Waals surface area contributed by atoms with Gasteiger partial charge in [0.25, 0.3) is 0 Å². The van der Waals surface area contributed by atoms with Crippen LogP contribution in [-0.2, 0) is 4.74 Å². The van der Waals surface area contributed by atoms with E-state index in [1.54, 1.807) is 0 Å². The maximum Gasteiger partial charge on any atom is 0.0478 e. The van der Waals surface area contributed by atoms with Gasteiger partial charge in [0.15, 0.2) is 0 Å². The Morgan fingerprint density at radius 1 is 1.00 bits per heavy atom. The summed E-state index contributed by atoms with van der Waals surface area (Å²) in [7, 11) is 0. The van der Waals surface area contributed by atoms with Gasteiger partial charge in [-0.15, -0.1) is 0 Å². The highest BCUT2D eigenvalue weighted by Crippen LogP contribution is 2.06. The van der Waals surface area contributed by atoms with E-state index in [1.165, 1.54) is 51.7 Å². The second-order valence-electron chi connectivity index (χ2n) is 4.97. The van der Waals surface area contributed by atoms with Gasteiger partial charge in [-0.2, -0.15) is 0 Å². The van der Waals surface area contributed by atoms with E-state index >= 15 is 0 Å². The molecule has 0 aliphatic carbocycles. The van der Waals surface area contributed by atoms with Gasteiger partial charge in [-0.3, -0.25) is 0 Å². The molecule has 0 aromatic heterocycles. The predicted molar refractivity (Wildman–Crippen MR) is 73.5 cm³/mol. The SMILES string of the molecule is CCCCOCCCNCCCN1CCCC1. The molecule has 0 aromatic rings. The first-order chi connectivity index (χ1) is 8.43. The van der Waals surface area contributed by atoms with Crippen LogP contribution in [-0.4, -0.2) is 50.8 Å². The Hall–Kier alpha value is -0.120. The van der Waals surface area contributed by atoms with E-state index in [-0.39, 0.29) is 0 Å². The summed E-state index contributed by atoms with van der Waals surface area (Å²) in [5, 5.41) is 3.49. The Labute approximate surface area is 107 Å². The third-order valence-electron chi connectivity index (χ3n) is 3.31. The molecule has 0 unspecified atom stereocenters. The average Bonchev–Trinajstić information content (AvgIpc) is 2.85. The Kier molecular flexibility index (Phi) is 9.66. The molecule has 1 heterocycles. The molecule has 0 amide bonds. The number of nitrogens with zero attached hydrogens (tertiary/aromatic N) is 1. The fourth-order valence-electron chi connectivity index (χ4n) is 2.21. The second-order valence-corrected chi connectivity index (χ2v) is 4.97. The van der Waals surface area contributed by atoms with Crippen LogP contribution in [0.25, 0.3) is 0 Å². The minimum atomic E-state index is 0.916. The summed E-state index contributed by atoms with van der Waals surface area (Å²) < 4.78 is 5.51. The fraction of sp³-hybridized carbons (Fsp3) is 1.00. The quantitative estimate of drug-likeness (QED) is 0.563. The molecule has 1 aliphatic rings. The minimum absolute atomic E-state index is 0.916. The molecule has 3 heteroatoms. The molecule has 17 heavy (non-hydrogen) atoms. The molecule has 0 bridgehead atoms. The lowest BCUT2D eigenvalue weighted by Crippen LogP contribution is -2.25. The lowest BCUT2D eigenvalue weighted by atomic mass is 10.3. The molecule has 0 saturated carbocycles. The van der Waals surface area contributed by atoms with Crippen molar-refractivity contribution in [2.75, 3.05) is 45.9 Å². The summed E-state index contributed by atoms with van der Waals surface area (Å²) >= 11 is 0. The standard InChI is InChI=1S/C14H30N2O/c1-2-3-13-17-14-7-9-15-8-6-12-16-10-4-5-11-16/h15H,2-14H2,1H3. The van der Waals surface area contributed by atoms with Crippen molar-refractivity contribution in [2.45, 2.75) is 45.4 Å². The Balaban J connectivity index is 1.69. The number of ether oxygens (including phenoxy) is 1. The number of nitrogens with one attached hydrogen (secondary N) is 1. The van der Waals surface area contributed by atoms with Crippen molar-refractivity contribution < 1.29 is 4.74 Å². The second kappa shape index (κ2) is 11.0. The van der Waals surface area contributed by atoms with Gasteiger partial charge >= 0.3 is 0 Å². The lowest BCUT2D eigenvalue weighted by molar-refractivity contribution is 0.129. The van der Waals surface area contributed by atoms with Gasteiger partial charge in [-0.1, -0.05) is 13.3 Å². The molecule has 1 fully saturated rings. The summed E-state index contributed by atoms with van der Waals surface area (Å²) in [5.41, 5.74) is 0. The normalized spacial score (nSPS) is 16.8. The van der Waals surface area contributed by atoms with Gasteiger partial charge < -0.3 is 15.0 Å². The van der Waals surface area contributed by atoms with E-state index in [0.29, 0.717) is 0 Å². The van der Waals surface area contributed by atoms with E-state index in [9.17, 15) is 0 Å². The topological polar surface area (TPSA) is 24.5 Å². The first kappa shape index (κ1) is 14.9. The average molecular weight is 242 g/mol. The number of rotatable bonds is 11. The van der Waals surface area contributed by atoms with Crippen molar-refractivity contribution in [3.05, 3.63) is 0 Å². The van der Waals surface area contributed by atoms with Crippen molar-refractivity contribution in [1.82, 2.24) is 10.2 Å². The van der Waals surface area contributed by atoms with Crippen molar-refractivity contribution in [2.24, 2.45) is 0 Å². The number of likely N-dealkylation sites (tertiary alicyclic amines) is 1.